The van der Waals surface area contributed by atoms with Crippen LogP contribution in [0.25, 0.3) is 0 Å². The summed E-state index contributed by atoms with van der Waals surface area (Å²) in [6.07, 6.45) is 0.0410. The molecule has 0 radical (unpaired) electrons. The minimum absolute atomic E-state index is 0.0410. The first kappa shape index (κ1) is 14.3. The maximum Gasteiger partial charge on any atom is 0.228 e. The molecule has 0 fully saturated rings. The van der Waals surface area contributed by atoms with Crippen molar-refractivity contribution >= 4 is 29.1 Å². The van der Waals surface area contributed by atoms with Crippen molar-refractivity contribution in [2.75, 3.05) is 13.1 Å². The van der Waals surface area contributed by atoms with Gasteiger partial charge >= 0.3 is 0 Å². The number of hydrogen-bond donors (Lipinski definition) is 0. The van der Waals surface area contributed by atoms with E-state index in [4.69, 9.17) is 33.7 Å². The topological polar surface area (TPSA) is 67.9 Å². The molecule has 0 unspecified atom stereocenters. The molecular weight excluding hydrogens is 273 g/mol. The van der Waals surface area contributed by atoms with E-state index in [9.17, 15) is 4.79 Å². The highest BCUT2D eigenvalue weighted by Crippen LogP contribution is 2.21. The SMILES string of the molecule is N#CCN(CC#N)C(=O)Cc1ccc(Cl)cc1Cl. The molecule has 0 saturated carbocycles. The van der Waals surface area contributed by atoms with Gasteiger partial charge in [0.15, 0.2) is 0 Å². The van der Waals surface area contributed by atoms with E-state index in [0.717, 1.165) is 0 Å². The summed E-state index contributed by atoms with van der Waals surface area (Å²) < 4.78 is 0. The average Bonchev–Trinajstić information content (AvgIpc) is 2.32. The highest BCUT2D eigenvalue weighted by molar-refractivity contribution is 6.35. The molecule has 0 atom stereocenters. The Balaban J connectivity index is 2.80. The first-order valence-corrected chi connectivity index (χ1v) is 5.79. The third-order valence-electron chi connectivity index (χ3n) is 2.23. The lowest BCUT2D eigenvalue weighted by atomic mass is 10.1. The molecule has 4 nitrogen and oxygen atoms in total. The molecule has 0 aliphatic rings. The lowest BCUT2D eigenvalue weighted by Crippen LogP contribution is -2.33. The molecule has 1 amide bonds. The van der Waals surface area contributed by atoms with E-state index in [-0.39, 0.29) is 25.4 Å². The summed E-state index contributed by atoms with van der Waals surface area (Å²) in [5.74, 6) is -0.317. The molecule has 1 rings (SSSR count). The highest BCUT2D eigenvalue weighted by atomic mass is 35.5. The number of nitrogens with zero attached hydrogens (tertiary/aromatic N) is 3. The van der Waals surface area contributed by atoms with Gasteiger partial charge in [0.1, 0.15) is 13.1 Å². The zero-order valence-electron chi connectivity index (χ0n) is 9.36. The summed E-state index contributed by atoms with van der Waals surface area (Å²) >= 11 is 11.7. The van der Waals surface area contributed by atoms with Crippen LogP contribution in [0.4, 0.5) is 0 Å². The minimum atomic E-state index is -0.317. The predicted molar refractivity (Wildman–Crippen MR) is 68.0 cm³/mol. The fourth-order valence-electron chi connectivity index (χ4n) is 1.34. The number of rotatable bonds is 4. The Hall–Kier alpha value is -1.75. The maximum absolute atomic E-state index is 11.9. The van der Waals surface area contributed by atoms with E-state index in [1.807, 2.05) is 12.1 Å². The van der Waals surface area contributed by atoms with E-state index >= 15 is 0 Å². The van der Waals surface area contributed by atoms with E-state index in [1.54, 1.807) is 18.2 Å². The summed E-state index contributed by atoms with van der Waals surface area (Å²) in [6, 6.07) is 8.52. The molecule has 1 aromatic rings. The van der Waals surface area contributed by atoms with Crippen LogP contribution in [0, 0.1) is 22.7 Å². The van der Waals surface area contributed by atoms with Crippen LogP contribution >= 0.6 is 23.2 Å². The molecule has 92 valence electrons. The lowest BCUT2D eigenvalue weighted by molar-refractivity contribution is -0.129. The van der Waals surface area contributed by atoms with Crippen LogP contribution in [-0.2, 0) is 11.2 Å². The number of hydrogen-bond acceptors (Lipinski definition) is 3. The van der Waals surface area contributed by atoms with Gasteiger partial charge in [-0.05, 0) is 17.7 Å². The molecule has 18 heavy (non-hydrogen) atoms. The van der Waals surface area contributed by atoms with Gasteiger partial charge in [0, 0.05) is 10.0 Å². The van der Waals surface area contributed by atoms with Gasteiger partial charge in [-0.1, -0.05) is 29.3 Å². The van der Waals surface area contributed by atoms with Crippen LogP contribution in [0.5, 0.6) is 0 Å². The number of halogens is 2. The van der Waals surface area contributed by atoms with Gasteiger partial charge in [-0.2, -0.15) is 10.5 Å². The molecule has 1 aromatic carbocycles. The number of carbonyl (C=O) groups excluding carboxylic acids is 1. The van der Waals surface area contributed by atoms with Crippen molar-refractivity contribution in [3.05, 3.63) is 33.8 Å². The first-order valence-electron chi connectivity index (χ1n) is 5.04. The molecule has 0 heterocycles. The van der Waals surface area contributed by atoms with Crippen LogP contribution in [0.15, 0.2) is 18.2 Å². The molecule has 0 spiro atoms. The minimum Gasteiger partial charge on any atom is -0.316 e. The Morgan fingerprint density at radius 3 is 2.33 bits per heavy atom. The first-order chi connectivity index (χ1) is 8.58. The number of nitriles is 2. The normalized spacial score (nSPS) is 9.33. The van der Waals surface area contributed by atoms with Crippen LogP contribution in [-0.4, -0.2) is 23.9 Å². The maximum atomic E-state index is 11.9. The average molecular weight is 282 g/mol. The van der Waals surface area contributed by atoms with E-state index in [0.29, 0.717) is 15.6 Å². The third kappa shape index (κ3) is 3.92. The fraction of sp³-hybridized carbons (Fsp3) is 0.250. The Morgan fingerprint density at radius 1 is 1.22 bits per heavy atom. The second-order valence-electron chi connectivity index (χ2n) is 3.48. The number of amides is 1. The number of carbonyl (C=O) groups is 1. The quantitative estimate of drug-likeness (QED) is 0.796. The molecule has 0 bridgehead atoms. The van der Waals surface area contributed by atoms with Crippen molar-refractivity contribution in [2.24, 2.45) is 0 Å². The third-order valence-corrected chi connectivity index (χ3v) is 2.82. The lowest BCUT2D eigenvalue weighted by Gasteiger charge is -2.16. The van der Waals surface area contributed by atoms with E-state index in [2.05, 4.69) is 0 Å². The molecule has 0 aliphatic heterocycles. The highest BCUT2D eigenvalue weighted by Gasteiger charge is 2.14. The van der Waals surface area contributed by atoms with Gasteiger partial charge in [-0.25, -0.2) is 0 Å². The van der Waals surface area contributed by atoms with Gasteiger partial charge in [-0.3, -0.25) is 4.79 Å². The molecular formula is C12H9Cl2N3O. The zero-order chi connectivity index (χ0) is 13.5. The van der Waals surface area contributed by atoms with Crippen LogP contribution in [0.1, 0.15) is 5.56 Å². The van der Waals surface area contributed by atoms with Gasteiger partial charge in [0.2, 0.25) is 5.91 Å². The largest absolute Gasteiger partial charge is 0.316 e. The van der Waals surface area contributed by atoms with Crippen molar-refractivity contribution in [2.45, 2.75) is 6.42 Å². The van der Waals surface area contributed by atoms with Gasteiger partial charge in [0.25, 0.3) is 0 Å². The second kappa shape index (κ2) is 6.86. The van der Waals surface area contributed by atoms with Crippen molar-refractivity contribution < 1.29 is 4.79 Å². The summed E-state index contributed by atoms with van der Waals surface area (Å²) in [5, 5.41) is 18.0. The van der Waals surface area contributed by atoms with Crippen LogP contribution < -0.4 is 0 Å². The van der Waals surface area contributed by atoms with E-state index in [1.165, 1.54) is 4.90 Å². The van der Waals surface area contributed by atoms with Crippen molar-refractivity contribution in [1.29, 1.82) is 10.5 Å². The van der Waals surface area contributed by atoms with Crippen molar-refractivity contribution in [1.82, 2.24) is 4.90 Å². The van der Waals surface area contributed by atoms with Gasteiger partial charge in [-0.15, -0.1) is 0 Å². The predicted octanol–water partition coefficient (Wildman–Crippen LogP) is 2.41. The van der Waals surface area contributed by atoms with Gasteiger partial charge < -0.3 is 4.90 Å². The van der Waals surface area contributed by atoms with Crippen molar-refractivity contribution in [3.63, 3.8) is 0 Å². The van der Waals surface area contributed by atoms with Gasteiger partial charge in [0.05, 0.1) is 18.6 Å². The Bertz CT molecular complexity index is 515. The summed E-state index contributed by atoms with van der Waals surface area (Å²) in [4.78, 5) is 13.0. The second-order valence-corrected chi connectivity index (χ2v) is 4.32. The fourth-order valence-corrected chi connectivity index (χ4v) is 1.82. The summed E-state index contributed by atoms with van der Waals surface area (Å²) in [7, 11) is 0. The molecule has 0 N–H and O–H groups in total. The Morgan fingerprint density at radius 2 is 1.83 bits per heavy atom. The molecule has 0 aromatic heterocycles. The molecule has 0 saturated heterocycles. The van der Waals surface area contributed by atoms with Crippen LogP contribution in [0.3, 0.4) is 0 Å². The number of benzene rings is 1. The monoisotopic (exact) mass is 281 g/mol. The molecule has 0 aliphatic carbocycles. The Labute approximate surface area is 115 Å². The standard InChI is InChI=1S/C12H9Cl2N3O/c13-10-2-1-9(11(14)8-10)7-12(18)17(5-3-15)6-4-16/h1-2,8H,5-7H2. The summed E-state index contributed by atoms with van der Waals surface area (Å²) in [5.41, 5.74) is 0.618. The molecule has 6 heteroatoms. The van der Waals surface area contributed by atoms with E-state index < -0.39 is 0 Å². The zero-order valence-corrected chi connectivity index (χ0v) is 10.9. The smallest absolute Gasteiger partial charge is 0.228 e. The Kier molecular flexibility index (Phi) is 5.45. The van der Waals surface area contributed by atoms with Crippen molar-refractivity contribution in [3.8, 4) is 12.1 Å². The van der Waals surface area contributed by atoms with Crippen LogP contribution in [0.2, 0.25) is 10.0 Å². The summed E-state index contributed by atoms with van der Waals surface area (Å²) in [6.45, 7) is -0.227.